The second-order valence-electron chi connectivity index (χ2n) is 5.92. The van der Waals surface area contributed by atoms with Crippen LogP contribution in [0.4, 0.5) is 0 Å². The van der Waals surface area contributed by atoms with Crippen molar-refractivity contribution in [2.24, 2.45) is 11.8 Å². The number of fused-ring (bicyclic) bond motifs is 2. The van der Waals surface area contributed by atoms with Crippen molar-refractivity contribution in [2.75, 3.05) is 6.54 Å². The molecule has 3 aliphatic rings. The van der Waals surface area contributed by atoms with E-state index in [2.05, 4.69) is 48.8 Å². The molecule has 0 amide bonds. The lowest BCUT2D eigenvalue weighted by Crippen LogP contribution is -2.31. The minimum absolute atomic E-state index is 0.709. The standard InChI is InChI=1S/C17H24N/c1-3-13(2)8-4-5-9-16-14-12-15(14)17-10-6-7-11-18(16)17/h3-5,8-9,14-16H,6-7,10-12H2,1-2H3/q+1/b8-4+,9-5+,13-3+/t14-,15+,16+/m1/s1. The van der Waals surface area contributed by atoms with Gasteiger partial charge in [0, 0.05) is 24.7 Å². The molecular weight excluding hydrogens is 218 g/mol. The fraction of sp³-hybridized carbons (Fsp3) is 0.588. The molecule has 96 valence electrons. The van der Waals surface area contributed by atoms with E-state index in [1.807, 2.05) is 0 Å². The fourth-order valence-electron chi connectivity index (χ4n) is 3.55. The normalized spacial score (nSPS) is 35.4. The van der Waals surface area contributed by atoms with E-state index in [9.17, 15) is 0 Å². The van der Waals surface area contributed by atoms with Crippen LogP contribution in [0.1, 0.15) is 39.5 Å². The molecule has 3 rings (SSSR count). The van der Waals surface area contributed by atoms with Crippen molar-refractivity contribution in [3.05, 3.63) is 36.0 Å². The van der Waals surface area contributed by atoms with Gasteiger partial charge in [-0.25, -0.2) is 4.58 Å². The molecule has 1 fully saturated rings. The Labute approximate surface area is 111 Å². The zero-order valence-electron chi connectivity index (χ0n) is 11.6. The lowest BCUT2D eigenvalue weighted by Gasteiger charge is -2.15. The number of rotatable bonds is 3. The highest BCUT2D eigenvalue weighted by Gasteiger charge is 2.59. The molecule has 0 aromatic carbocycles. The first kappa shape index (κ1) is 12.0. The smallest absolute Gasteiger partial charge is 0.175 e. The SMILES string of the molecule is C/C=C(C)/C=C/C=C/[C@H]1[C@@H]2C[C@@H]2C2=[N+]1CCCC2. The minimum Gasteiger partial charge on any atom is -0.230 e. The van der Waals surface area contributed by atoms with E-state index in [-0.39, 0.29) is 0 Å². The van der Waals surface area contributed by atoms with Gasteiger partial charge in [-0.1, -0.05) is 29.9 Å². The summed E-state index contributed by atoms with van der Waals surface area (Å²) in [4.78, 5) is 0. The maximum absolute atomic E-state index is 2.70. The van der Waals surface area contributed by atoms with Gasteiger partial charge in [-0.15, -0.1) is 0 Å². The molecule has 1 nitrogen and oxygen atoms in total. The molecule has 0 bridgehead atoms. The number of hydrogen-bond acceptors (Lipinski definition) is 0. The second-order valence-corrected chi connectivity index (χ2v) is 5.92. The molecule has 0 N–H and O–H groups in total. The van der Waals surface area contributed by atoms with Gasteiger partial charge < -0.3 is 0 Å². The summed E-state index contributed by atoms with van der Waals surface area (Å²) in [6.45, 7) is 5.53. The van der Waals surface area contributed by atoms with E-state index in [1.165, 1.54) is 37.8 Å². The summed E-state index contributed by atoms with van der Waals surface area (Å²) in [5.74, 6) is 1.91. The minimum atomic E-state index is 0.709. The molecule has 18 heavy (non-hydrogen) atoms. The third-order valence-corrected chi connectivity index (χ3v) is 4.75. The molecule has 2 heterocycles. The van der Waals surface area contributed by atoms with Gasteiger partial charge in [0.25, 0.3) is 0 Å². The molecule has 1 aliphatic carbocycles. The largest absolute Gasteiger partial charge is 0.230 e. The quantitative estimate of drug-likeness (QED) is 0.524. The second kappa shape index (κ2) is 4.87. The molecule has 1 heteroatoms. The molecule has 1 saturated carbocycles. The predicted molar refractivity (Wildman–Crippen MR) is 77.1 cm³/mol. The summed E-state index contributed by atoms with van der Waals surface area (Å²) in [6.07, 6.45) is 16.9. The van der Waals surface area contributed by atoms with Crippen LogP contribution < -0.4 is 0 Å². The zero-order chi connectivity index (χ0) is 12.5. The van der Waals surface area contributed by atoms with Crippen LogP contribution in [-0.4, -0.2) is 22.9 Å². The van der Waals surface area contributed by atoms with Crippen LogP contribution in [0.15, 0.2) is 36.0 Å². The summed E-state index contributed by atoms with van der Waals surface area (Å²) < 4.78 is 2.70. The molecule has 0 spiro atoms. The van der Waals surface area contributed by atoms with Gasteiger partial charge >= 0.3 is 0 Å². The molecule has 0 radical (unpaired) electrons. The van der Waals surface area contributed by atoms with Crippen molar-refractivity contribution in [3.63, 3.8) is 0 Å². The van der Waals surface area contributed by atoms with Crippen molar-refractivity contribution < 1.29 is 4.58 Å². The van der Waals surface area contributed by atoms with Crippen molar-refractivity contribution in [1.29, 1.82) is 0 Å². The van der Waals surface area contributed by atoms with Crippen LogP contribution in [0.5, 0.6) is 0 Å². The molecule has 0 aromatic heterocycles. The highest BCUT2D eigenvalue weighted by molar-refractivity contribution is 5.87. The highest BCUT2D eigenvalue weighted by Crippen LogP contribution is 2.50. The molecule has 0 saturated heterocycles. The Hall–Kier alpha value is -1.11. The van der Waals surface area contributed by atoms with Crippen LogP contribution >= 0.6 is 0 Å². The Kier molecular flexibility index (Phi) is 3.23. The van der Waals surface area contributed by atoms with Gasteiger partial charge in [0.1, 0.15) is 6.54 Å². The lowest BCUT2D eigenvalue weighted by molar-refractivity contribution is -0.557. The van der Waals surface area contributed by atoms with Crippen molar-refractivity contribution in [1.82, 2.24) is 0 Å². The summed E-state index contributed by atoms with van der Waals surface area (Å²) in [5, 5.41) is 0. The van der Waals surface area contributed by atoms with E-state index in [1.54, 1.807) is 5.71 Å². The summed E-state index contributed by atoms with van der Waals surface area (Å²) in [7, 11) is 0. The Morgan fingerprint density at radius 1 is 1.28 bits per heavy atom. The molecular formula is C17H24N+. The molecule has 2 aliphatic heterocycles. The first-order valence-corrected chi connectivity index (χ1v) is 7.41. The third kappa shape index (κ3) is 2.11. The van der Waals surface area contributed by atoms with E-state index in [0.29, 0.717) is 6.04 Å². The topological polar surface area (TPSA) is 3.01 Å². The Bertz CT molecular complexity index is 450. The number of nitrogens with zero attached hydrogens (tertiary/aromatic N) is 1. The first-order chi connectivity index (χ1) is 8.81. The van der Waals surface area contributed by atoms with E-state index in [4.69, 9.17) is 0 Å². The average Bonchev–Trinajstić information content (AvgIpc) is 3.13. The maximum Gasteiger partial charge on any atom is 0.175 e. The van der Waals surface area contributed by atoms with Gasteiger partial charge in [0.15, 0.2) is 11.8 Å². The molecule has 3 atom stereocenters. The van der Waals surface area contributed by atoms with Crippen molar-refractivity contribution >= 4 is 5.71 Å². The van der Waals surface area contributed by atoms with Gasteiger partial charge in [0.05, 0.1) is 0 Å². The Morgan fingerprint density at radius 3 is 3.00 bits per heavy atom. The van der Waals surface area contributed by atoms with Crippen LogP contribution in [0.25, 0.3) is 0 Å². The molecule has 0 aromatic rings. The fourth-order valence-corrected chi connectivity index (χ4v) is 3.55. The number of hydrogen-bond donors (Lipinski definition) is 0. The van der Waals surface area contributed by atoms with Gasteiger partial charge in [0.2, 0.25) is 0 Å². The first-order valence-electron chi connectivity index (χ1n) is 7.41. The molecule has 0 unspecified atom stereocenters. The Balaban J connectivity index is 1.68. The van der Waals surface area contributed by atoms with Crippen LogP contribution in [0, 0.1) is 11.8 Å². The van der Waals surface area contributed by atoms with Crippen molar-refractivity contribution in [3.8, 4) is 0 Å². The van der Waals surface area contributed by atoms with Gasteiger partial charge in [-0.2, -0.15) is 0 Å². The predicted octanol–water partition coefficient (Wildman–Crippen LogP) is 3.72. The summed E-state index contributed by atoms with van der Waals surface area (Å²) >= 11 is 0. The van der Waals surface area contributed by atoms with E-state index in [0.717, 1.165) is 11.8 Å². The van der Waals surface area contributed by atoms with Crippen molar-refractivity contribution in [2.45, 2.75) is 45.6 Å². The lowest BCUT2D eigenvalue weighted by atomic mass is 10.1. The van der Waals surface area contributed by atoms with E-state index >= 15 is 0 Å². The zero-order valence-corrected chi connectivity index (χ0v) is 11.6. The monoisotopic (exact) mass is 242 g/mol. The van der Waals surface area contributed by atoms with Gasteiger partial charge in [-0.3, -0.25) is 0 Å². The number of allylic oxidation sites excluding steroid dienone is 5. The summed E-state index contributed by atoms with van der Waals surface area (Å²) in [6, 6.07) is 0.709. The Morgan fingerprint density at radius 2 is 2.17 bits per heavy atom. The van der Waals surface area contributed by atoms with Gasteiger partial charge in [-0.05, 0) is 32.8 Å². The highest BCUT2D eigenvalue weighted by atomic mass is 15.1. The van der Waals surface area contributed by atoms with E-state index < -0.39 is 0 Å². The summed E-state index contributed by atoms with van der Waals surface area (Å²) in [5.41, 5.74) is 3.12. The van der Waals surface area contributed by atoms with Crippen LogP contribution in [-0.2, 0) is 0 Å². The maximum atomic E-state index is 2.70. The average molecular weight is 242 g/mol. The van der Waals surface area contributed by atoms with Crippen LogP contribution in [0.3, 0.4) is 0 Å². The van der Waals surface area contributed by atoms with Crippen LogP contribution in [0.2, 0.25) is 0 Å². The third-order valence-electron chi connectivity index (χ3n) is 4.75.